The number of hydrogen-bond acceptors (Lipinski definition) is 4. The average molecular weight is 309 g/mol. The summed E-state index contributed by atoms with van der Waals surface area (Å²) in [6.45, 7) is 0.208. The van der Waals surface area contributed by atoms with Gasteiger partial charge < -0.3 is 9.72 Å². The van der Waals surface area contributed by atoms with Crippen molar-refractivity contribution < 1.29 is 4.74 Å². The van der Waals surface area contributed by atoms with Crippen LogP contribution in [-0.2, 0) is 18.8 Å². The van der Waals surface area contributed by atoms with Gasteiger partial charge >= 0.3 is 0 Å². The van der Waals surface area contributed by atoms with Crippen LogP contribution < -0.4 is 10.3 Å². The van der Waals surface area contributed by atoms with E-state index in [9.17, 15) is 4.79 Å². The van der Waals surface area contributed by atoms with Crippen LogP contribution in [0.2, 0.25) is 5.02 Å². The number of benzene rings is 1. The predicted molar refractivity (Wildman–Crippen MR) is 80.5 cm³/mol. The molecule has 1 aliphatic heterocycles. The molecule has 0 atom stereocenters. The molecule has 0 saturated heterocycles. The Morgan fingerprint density at radius 2 is 2.25 bits per heavy atom. The van der Waals surface area contributed by atoms with E-state index in [2.05, 4.69) is 9.97 Å². The lowest BCUT2D eigenvalue weighted by Gasteiger charge is -2.14. The van der Waals surface area contributed by atoms with Crippen LogP contribution in [0.5, 0.6) is 5.75 Å². The first-order chi connectivity index (χ1) is 9.74. The summed E-state index contributed by atoms with van der Waals surface area (Å²) in [6, 6.07) is 7.24. The standard InChI is InChI=1S/C14H13ClN2O2S/c15-10-3-1-2-4-12(10)19-7-13-16-11-5-6-20-8-9(11)14(18)17-13/h1-4H,5-8H2,(H,16,17,18). The number of thioether (sulfide) groups is 1. The van der Waals surface area contributed by atoms with E-state index in [1.54, 1.807) is 23.9 Å². The quantitative estimate of drug-likeness (QED) is 0.947. The molecule has 0 unspecified atom stereocenters. The number of para-hydroxylation sites is 1. The van der Waals surface area contributed by atoms with Crippen LogP contribution >= 0.6 is 23.4 Å². The SMILES string of the molecule is O=c1[nH]c(COc2ccccc2Cl)nc2c1CSCC2. The van der Waals surface area contributed by atoms with Gasteiger partial charge in [-0.3, -0.25) is 4.79 Å². The van der Waals surface area contributed by atoms with E-state index in [1.807, 2.05) is 12.1 Å². The van der Waals surface area contributed by atoms with Gasteiger partial charge in [-0.1, -0.05) is 23.7 Å². The summed E-state index contributed by atoms with van der Waals surface area (Å²) in [4.78, 5) is 19.2. The lowest BCUT2D eigenvalue weighted by Crippen LogP contribution is -2.23. The maximum atomic E-state index is 12.0. The van der Waals surface area contributed by atoms with Crippen molar-refractivity contribution in [3.05, 3.63) is 56.7 Å². The molecule has 0 saturated carbocycles. The van der Waals surface area contributed by atoms with E-state index in [0.717, 1.165) is 29.2 Å². The third-order valence-electron chi connectivity index (χ3n) is 3.08. The van der Waals surface area contributed by atoms with Gasteiger partial charge in [0.25, 0.3) is 5.56 Å². The number of rotatable bonds is 3. The smallest absolute Gasteiger partial charge is 0.255 e. The van der Waals surface area contributed by atoms with Gasteiger partial charge in [0.1, 0.15) is 18.2 Å². The Morgan fingerprint density at radius 1 is 1.40 bits per heavy atom. The molecule has 0 fully saturated rings. The number of aryl methyl sites for hydroxylation is 1. The normalized spacial score (nSPS) is 13.8. The zero-order chi connectivity index (χ0) is 13.9. The van der Waals surface area contributed by atoms with E-state index in [4.69, 9.17) is 16.3 Å². The predicted octanol–water partition coefficient (Wildman–Crippen LogP) is 2.79. The van der Waals surface area contributed by atoms with Crippen LogP contribution in [0, 0.1) is 0 Å². The number of hydrogen-bond donors (Lipinski definition) is 1. The zero-order valence-electron chi connectivity index (χ0n) is 10.7. The number of halogens is 1. The number of aromatic nitrogens is 2. The number of fused-ring (bicyclic) bond motifs is 1. The third-order valence-corrected chi connectivity index (χ3v) is 4.38. The van der Waals surface area contributed by atoms with Crippen molar-refractivity contribution in [1.82, 2.24) is 9.97 Å². The third kappa shape index (κ3) is 2.83. The minimum absolute atomic E-state index is 0.0556. The fraction of sp³-hybridized carbons (Fsp3) is 0.286. The Balaban J connectivity index is 1.80. The second-order valence-electron chi connectivity index (χ2n) is 4.46. The largest absolute Gasteiger partial charge is 0.484 e. The van der Waals surface area contributed by atoms with Gasteiger partial charge in [0.2, 0.25) is 0 Å². The first-order valence-electron chi connectivity index (χ1n) is 6.30. The Kier molecular flexibility index (Phi) is 3.98. The molecule has 0 aliphatic carbocycles. The highest BCUT2D eigenvalue weighted by molar-refractivity contribution is 7.98. The van der Waals surface area contributed by atoms with Crippen LogP contribution in [0.1, 0.15) is 17.1 Å². The summed E-state index contributed by atoms with van der Waals surface area (Å²) in [6.07, 6.45) is 0.836. The molecule has 1 N–H and O–H groups in total. The average Bonchev–Trinajstić information content (AvgIpc) is 2.46. The Morgan fingerprint density at radius 3 is 3.10 bits per heavy atom. The summed E-state index contributed by atoms with van der Waals surface area (Å²) in [5.74, 6) is 2.88. The van der Waals surface area contributed by atoms with E-state index in [0.29, 0.717) is 16.6 Å². The van der Waals surface area contributed by atoms with Crippen molar-refractivity contribution >= 4 is 23.4 Å². The Labute approximate surface area is 125 Å². The highest BCUT2D eigenvalue weighted by Gasteiger charge is 2.16. The molecular weight excluding hydrogens is 296 g/mol. The maximum absolute atomic E-state index is 12.0. The number of nitrogens with one attached hydrogen (secondary N) is 1. The highest BCUT2D eigenvalue weighted by atomic mass is 35.5. The Bertz CT molecular complexity index is 687. The topological polar surface area (TPSA) is 55.0 Å². The van der Waals surface area contributed by atoms with Crippen molar-refractivity contribution in [3.8, 4) is 5.75 Å². The highest BCUT2D eigenvalue weighted by Crippen LogP contribution is 2.24. The van der Waals surface area contributed by atoms with Gasteiger partial charge in [-0.2, -0.15) is 11.8 Å². The van der Waals surface area contributed by atoms with E-state index in [-0.39, 0.29) is 12.2 Å². The van der Waals surface area contributed by atoms with Gasteiger partial charge in [0.05, 0.1) is 10.7 Å². The first kappa shape index (κ1) is 13.5. The Hall–Kier alpha value is -1.46. The van der Waals surface area contributed by atoms with E-state index < -0.39 is 0 Å². The van der Waals surface area contributed by atoms with Crippen molar-refractivity contribution in [1.29, 1.82) is 0 Å². The van der Waals surface area contributed by atoms with Crippen LogP contribution in [0.25, 0.3) is 0 Å². The van der Waals surface area contributed by atoms with Crippen molar-refractivity contribution in [2.45, 2.75) is 18.8 Å². The lowest BCUT2D eigenvalue weighted by molar-refractivity contribution is 0.295. The second-order valence-corrected chi connectivity index (χ2v) is 5.97. The van der Waals surface area contributed by atoms with E-state index >= 15 is 0 Å². The fourth-order valence-corrected chi connectivity index (χ4v) is 3.25. The summed E-state index contributed by atoms with van der Waals surface area (Å²) in [7, 11) is 0. The van der Waals surface area contributed by atoms with E-state index in [1.165, 1.54) is 0 Å². The molecule has 0 bridgehead atoms. The monoisotopic (exact) mass is 308 g/mol. The zero-order valence-corrected chi connectivity index (χ0v) is 12.3. The molecule has 1 aromatic carbocycles. The lowest BCUT2D eigenvalue weighted by atomic mass is 10.2. The molecular formula is C14H13ClN2O2S. The molecule has 1 aliphatic rings. The molecule has 104 valence electrons. The molecule has 3 rings (SSSR count). The molecule has 0 radical (unpaired) electrons. The second kappa shape index (κ2) is 5.89. The van der Waals surface area contributed by atoms with Crippen molar-refractivity contribution in [3.63, 3.8) is 0 Å². The fourth-order valence-electron chi connectivity index (χ4n) is 2.07. The van der Waals surface area contributed by atoms with Gasteiger partial charge in [0, 0.05) is 11.3 Å². The summed E-state index contributed by atoms with van der Waals surface area (Å²) >= 11 is 7.78. The van der Waals surface area contributed by atoms with Gasteiger partial charge in [-0.25, -0.2) is 4.98 Å². The minimum Gasteiger partial charge on any atom is -0.484 e. The van der Waals surface area contributed by atoms with Crippen LogP contribution in [0.4, 0.5) is 0 Å². The molecule has 6 heteroatoms. The van der Waals surface area contributed by atoms with Gasteiger partial charge in [0.15, 0.2) is 0 Å². The molecule has 0 spiro atoms. The molecule has 0 amide bonds. The molecule has 20 heavy (non-hydrogen) atoms. The number of ether oxygens (including phenoxy) is 1. The van der Waals surface area contributed by atoms with Crippen LogP contribution in [0.15, 0.2) is 29.1 Å². The van der Waals surface area contributed by atoms with Crippen molar-refractivity contribution in [2.24, 2.45) is 0 Å². The minimum atomic E-state index is -0.0556. The number of aromatic amines is 1. The number of H-pyrrole nitrogens is 1. The summed E-state index contributed by atoms with van der Waals surface area (Å²) in [5.41, 5.74) is 1.63. The molecule has 2 aromatic rings. The van der Waals surface area contributed by atoms with Crippen LogP contribution in [0.3, 0.4) is 0 Å². The maximum Gasteiger partial charge on any atom is 0.255 e. The van der Waals surface area contributed by atoms with Crippen molar-refractivity contribution in [2.75, 3.05) is 5.75 Å². The summed E-state index contributed by atoms with van der Waals surface area (Å²) < 4.78 is 5.60. The van der Waals surface area contributed by atoms with Gasteiger partial charge in [-0.05, 0) is 24.3 Å². The van der Waals surface area contributed by atoms with Gasteiger partial charge in [-0.15, -0.1) is 0 Å². The number of nitrogens with zero attached hydrogens (tertiary/aromatic N) is 1. The molecule has 2 heterocycles. The van der Waals surface area contributed by atoms with Crippen LogP contribution in [-0.4, -0.2) is 15.7 Å². The molecule has 4 nitrogen and oxygen atoms in total. The first-order valence-corrected chi connectivity index (χ1v) is 7.83. The summed E-state index contributed by atoms with van der Waals surface area (Å²) in [5, 5.41) is 0.546. The molecule has 1 aromatic heterocycles.